The van der Waals surface area contributed by atoms with Crippen molar-refractivity contribution in [3.05, 3.63) is 0 Å². The first-order valence-electron chi connectivity index (χ1n) is 8.14. The summed E-state index contributed by atoms with van der Waals surface area (Å²) in [6, 6.07) is 0. The molecular formula is C15H32N4O2. The lowest BCUT2D eigenvalue weighted by atomic mass is 10.2. The quantitative estimate of drug-likeness (QED) is 0.353. The molecule has 0 aliphatic heterocycles. The van der Waals surface area contributed by atoms with Gasteiger partial charge in [-0.15, -0.1) is 0 Å². The second-order valence-electron chi connectivity index (χ2n) is 5.25. The zero-order valence-electron chi connectivity index (χ0n) is 13.2. The predicted molar refractivity (Wildman–Crippen MR) is 85.7 cm³/mol. The number of nitrogens with two attached hydrogens (primary N) is 2. The molecule has 2 amide bonds. The van der Waals surface area contributed by atoms with Crippen LogP contribution in [-0.4, -0.2) is 38.0 Å². The Morgan fingerprint density at radius 2 is 1.05 bits per heavy atom. The molecule has 6 heteroatoms. The zero-order chi connectivity index (χ0) is 15.8. The predicted octanol–water partition coefficient (Wildman–Crippen LogP) is 0.647. The van der Waals surface area contributed by atoms with Crippen LogP contribution in [0.25, 0.3) is 0 Å². The Morgan fingerprint density at radius 3 is 1.43 bits per heavy atom. The summed E-state index contributed by atoms with van der Waals surface area (Å²) in [6.45, 7) is 2.60. The van der Waals surface area contributed by atoms with E-state index in [4.69, 9.17) is 11.5 Å². The van der Waals surface area contributed by atoms with Crippen LogP contribution in [-0.2, 0) is 9.59 Å². The molecule has 0 rings (SSSR count). The number of hydrogen-bond acceptors (Lipinski definition) is 4. The Bertz CT molecular complexity index is 246. The molecule has 0 unspecified atom stereocenters. The number of nitrogens with one attached hydrogen (secondary N) is 2. The molecule has 6 nitrogen and oxygen atoms in total. The maximum Gasteiger partial charge on any atom is 0.219 e. The lowest BCUT2D eigenvalue weighted by Crippen LogP contribution is -2.29. The van der Waals surface area contributed by atoms with Crippen LogP contribution in [0.3, 0.4) is 0 Å². The molecule has 0 saturated carbocycles. The Balaban J connectivity index is 3.30. The van der Waals surface area contributed by atoms with Crippen LogP contribution in [0, 0.1) is 0 Å². The van der Waals surface area contributed by atoms with Crippen molar-refractivity contribution in [2.45, 2.75) is 57.8 Å². The van der Waals surface area contributed by atoms with Crippen molar-refractivity contribution in [2.24, 2.45) is 11.5 Å². The summed E-state index contributed by atoms with van der Waals surface area (Å²) in [5.41, 5.74) is 10.8. The van der Waals surface area contributed by atoms with Gasteiger partial charge in [-0.2, -0.15) is 0 Å². The van der Waals surface area contributed by atoms with Crippen LogP contribution in [0.15, 0.2) is 0 Å². The minimum atomic E-state index is 0.0835. The molecule has 124 valence electrons. The van der Waals surface area contributed by atoms with Gasteiger partial charge in [0.2, 0.25) is 11.8 Å². The van der Waals surface area contributed by atoms with Gasteiger partial charge in [0.15, 0.2) is 0 Å². The number of carbonyl (C=O) groups is 2. The van der Waals surface area contributed by atoms with E-state index in [0.717, 1.165) is 44.9 Å². The summed E-state index contributed by atoms with van der Waals surface area (Å²) in [4.78, 5) is 22.9. The number of carbonyl (C=O) groups excluding carboxylic acids is 2. The third kappa shape index (κ3) is 15.1. The smallest absolute Gasteiger partial charge is 0.219 e. The average Bonchev–Trinajstić information content (AvgIpc) is 2.48. The molecule has 0 heterocycles. The van der Waals surface area contributed by atoms with Crippen molar-refractivity contribution in [1.29, 1.82) is 0 Å². The normalized spacial score (nSPS) is 10.4. The minimum absolute atomic E-state index is 0.0835. The highest BCUT2D eigenvalue weighted by Crippen LogP contribution is 1.99. The Morgan fingerprint density at radius 1 is 0.619 bits per heavy atom. The first kappa shape index (κ1) is 19.9. The van der Waals surface area contributed by atoms with Gasteiger partial charge in [0.25, 0.3) is 0 Å². The average molecular weight is 300 g/mol. The van der Waals surface area contributed by atoms with Gasteiger partial charge in [0.05, 0.1) is 0 Å². The summed E-state index contributed by atoms with van der Waals surface area (Å²) >= 11 is 0. The Hall–Kier alpha value is -1.14. The number of hydrogen-bond donors (Lipinski definition) is 4. The lowest BCUT2D eigenvalue weighted by Gasteiger charge is -2.07. The number of amides is 2. The van der Waals surface area contributed by atoms with E-state index in [9.17, 15) is 9.59 Å². The van der Waals surface area contributed by atoms with E-state index in [-0.39, 0.29) is 11.8 Å². The van der Waals surface area contributed by atoms with Gasteiger partial charge >= 0.3 is 0 Å². The van der Waals surface area contributed by atoms with E-state index in [1.54, 1.807) is 0 Å². The summed E-state index contributed by atoms with van der Waals surface area (Å²) in [5, 5.41) is 5.72. The Labute approximate surface area is 128 Å². The highest BCUT2D eigenvalue weighted by molar-refractivity contribution is 5.76. The highest BCUT2D eigenvalue weighted by Gasteiger charge is 2.02. The molecule has 0 aromatic rings. The van der Waals surface area contributed by atoms with Crippen LogP contribution in [0.4, 0.5) is 0 Å². The van der Waals surface area contributed by atoms with Crippen LogP contribution >= 0.6 is 0 Å². The van der Waals surface area contributed by atoms with Crippen molar-refractivity contribution in [2.75, 3.05) is 26.2 Å². The fourth-order valence-corrected chi connectivity index (χ4v) is 1.93. The molecule has 0 atom stereocenters. The van der Waals surface area contributed by atoms with Crippen molar-refractivity contribution in [3.8, 4) is 0 Å². The molecule has 0 spiro atoms. The van der Waals surface area contributed by atoms with Crippen molar-refractivity contribution in [3.63, 3.8) is 0 Å². The van der Waals surface area contributed by atoms with E-state index >= 15 is 0 Å². The fraction of sp³-hybridized carbons (Fsp3) is 0.867. The molecular weight excluding hydrogens is 268 g/mol. The van der Waals surface area contributed by atoms with Gasteiger partial charge < -0.3 is 22.1 Å². The molecule has 0 aromatic heterocycles. The van der Waals surface area contributed by atoms with Crippen LogP contribution < -0.4 is 22.1 Å². The van der Waals surface area contributed by atoms with Gasteiger partial charge in [0, 0.05) is 25.9 Å². The van der Waals surface area contributed by atoms with E-state index in [2.05, 4.69) is 10.6 Å². The summed E-state index contributed by atoms with van der Waals surface area (Å²) in [7, 11) is 0. The Kier molecular flexibility index (Phi) is 14.4. The van der Waals surface area contributed by atoms with E-state index in [1.165, 1.54) is 0 Å². The highest BCUT2D eigenvalue weighted by atomic mass is 16.2. The van der Waals surface area contributed by atoms with Crippen LogP contribution in [0.1, 0.15) is 57.8 Å². The summed E-state index contributed by atoms with van der Waals surface area (Å²) < 4.78 is 0. The van der Waals surface area contributed by atoms with Crippen molar-refractivity contribution in [1.82, 2.24) is 10.6 Å². The molecule has 0 aliphatic carbocycles. The fourth-order valence-electron chi connectivity index (χ4n) is 1.93. The monoisotopic (exact) mass is 300 g/mol. The van der Waals surface area contributed by atoms with Gasteiger partial charge in [-0.05, 0) is 45.2 Å². The number of rotatable bonds is 14. The van der Waals surface area contributed by atoms with Crippen molar-refractivity contribution < 1.29 is 9.59 Å². The first-order chi connectivity index (χ1) is 10.2. The largest absolute Gasteiger partial charge is 0.356 e. The van der Waals surface area contributed by atoms with E-state index in [1.807, 2.05) is 0 Å². The molecule has 0 fully saturated rings. The summed E-state index contributed by atoms with van der Waals surface area (Å²) in [6.07, 6.45) is 7.64. The lowest BCUT2D eigenvalue weighted by molar-refractivity contribution is -0.121. The van der Waals surface area contributed by atoms with E-state index < -0.39 is 0 Å². The maximum atomic E-state index is 11.5. The summed E-state index contributed by atoms with van der Waals surface area (Å²) in [5.74, 6) is 0.167. The third-order valence-electron chi connectivity index (χ3n) is 3.21. The van der Waals surface area contributed by atoms with E-state index in [0.29, 0.717) is 39.0 Å². The third-order valence-corrected chi connectivity index (χ3v) is 3.21. The molecule has 0 saturated heterocycles. The topological polar surface area (TPSA) is 110 Å². The zero-order valence-corrected chi connectivity index (χ0v) is 13.2. The standard InChI is InChI=1S/C15H32N4O2/c16-10-5-1-3-8-14(20)18-12-7-13-19-15(21)9-4-2-6-11-17/h1-13,16-17H2,(H,18,20)(H,19,21). The first-order valence-corrected chi connectivity index (χ1v) is 8.14. The van der Waals surface area contributed by atoms with Crippen LogP contribution in [0.5, 0.6) is 0 Å². The maximum absolute atomic E-state index is 11.5. The minimum Gasteiger partial charge on any atom is -0.356 e. The molecule has 0 radical (unpaired) electrons. The van der Waals surface area contributed by atoms with Crippen LogP contribution in [0.2, 0.25) is 0 Å². The van der Waals surface area contributed by atoms with Gasteiger partial charge in [0.1, 0.15) is 0 Å². The van der Waals surface area contributed by atoms with Gasteiger partial charge in [-0.1, -0.05) is 12.8 Å². The molecule has 6 N–H and O–H groups in total. The van der Waals surface area contributed by atoms with Gasteiger partial charge in [-0.25, -0.2) is 0 Å². The SMILES string of the molecule is NCCCCCC(=O)NCCCNC(=O)CCCCCN. The second-order valence-corrected chi connectivity index (χ2v) is 5.25. The van der Waals surface area contributed by atoms with Crippen molar-refractivity contribution >= 4 is 11.8 Å². The molecule has 0 bridgehead atoms. The molecule has 0 aliphatic rings. The molecule has 21 heavy (non-hydrogen) atoms. The second kappa shape index (κ2) is 15.3. The van der Waals surface area contributed by atoms with Gasteiger partial charge in [-0.3, -0.25) is 9.59 Å². The molecule has 0 aromatic carbocycles. The number of unbranched alkanes of at least 4 members (excludes halogenated alkanes) is 4.